The number of carbonyl (C=O) groups is 2. The van der Waals surface area contributed by atoms with Crippen LogP contribution in [0.15, 0.2) is 35.3 Å². The molecule has 1 fully saturated rings. The van der Waals surface area contributed by atoms with Gasteiger partial charge in [-0.3, -0.25) is 9.59 Å². The Labute approximate surface area is 168 Å². The van der Waals surface area contributed by atoms with Crippen LogP contribution < -0.4 is 11.1 Å². The molecule has 0 bridgehead atoms. The fourth-order valence-corrected chi connectivity index (χ4v) is 3.59. The summed E-state index contributed by atoms with van der Waals surface area (Å²) in [4.78, 5) is 43.5. The highest BCUT2D eigenvalue weighted by molar-refractivity contribution is 9.10. The SMILES string of the molecule is Nc1ncc2ncn(CC(=O)N3CCC[C@H]3C(=O)Nc3cccc(Br)n3)c2n1. The molecule has 0 aromatic carbocycles. The van der Waals surface area contributed by atoms with Crippen molar-refractivity contribution in [1.82, 2.24) is 29.4 Å². The number of fused-ring (bicyclic) bond motifs is 1. The number of rotatable bonds is 4. The summed E-state index contributed by atoms with van der Waals surface area (Å²) in [5, 5.41) is 2.78. The molecule has 3 N–H and O–H groups in total. The molecule has 0 saturated carbocycles. The zero-order chi connectivity index (χ0) is 19.7. The molecule has 28 heavy (non-hydrogen) atoms. The van der Waals surface area contributed by atoms with E-state index in [1.54, 1.807) is 27.7 Å². The molecule has 1 aliphatic heterocycles. The number of hydrogen-bond acceptors (Lipinski definition) is 7. The number of halogens is 1. The molecule has 4 rings (SSSR count). The second kappa shape index (κ2) is 7.50. The van der Waals surface area contributed by atoms with Gasteiger partial charge < -0.3 is 20.5 Å². The molecule has 2 amide bonds. The van der Waals surface area contributed by atoms with Crippen molar-refractivity contribution in [3.05, 3.63) is 35.3 Å². The Balaban J connectivity index is 1.48. The largest absolute Gasteiger partial charge is 0.368 e. The molecule has 1 saturated heterocycles. The van der Waals surface area contributed by atoms with Gasteiger partial charge >= 0.3 is 0 Å². The normalized spacial score (nSPS) is 16.5. The molecule has 144 valence electrons. The van der Waals surface area contributed by atoms with E-state index in [0.717, 1.165) is 6.42 Å². The van der Waals surface area contributed by atoms with Crippen molar-refractivity contribution in [2.24, 2.45) is 0 Å². The van der Waals surface area contributed by atoms with Crippen molar-refractivity contribution in [2.75, 3.05) is 17.6 Å². The Morgan fingerprint density at radius 3 is 2.96 bits per heavy atom. The number of nitrogens with one attached hydrogen (secondary N) is 1. The lowest BCUT2D eigenvalue weighted by molar-refractivity contribution is -0.137. The van der Waals surface area contributed by atoms with Crippen molar-refractivity contribution in [3.8, 4) is 0 Å². The van der Waals surface area contributed by atoms with Crippen LogP contribution in [0.3, 0.4) is 0 Å². The monoisotopic (exact) mass is 444 g/mol. The van der Waals surface area contributed by atoms with Crippen LogP contribution in [0.25, 0.3) is 11.2 Å². The number of amides is 2. The minimum atomic E-state index is -0.539. The van der Waals surface area contributed by atoms with Gasteiger partial charge in [0.25, 0.3) is 0 Å². The smallest absolute Gasteiger partial charge is 0.248 e. The summed E-state index contributed by atoms with van der Waals surface area (Å²) in [6.45, 7) is 0.540. The quantitative estimate of drug-likeness (QED) is 0.577. The van der Waals surface area contributed by atoms with Crippen molar-refractivity contribution in [1.29, 1.82) is 0 Å². The second-order valence-electron chi connectivity index (χ2n) is 6.39. The van der Waals surface area contributed by atoms with Crippen LogP contribution in [0, 0.1) is 0 Å². The van der Waals surface area contributed by atoms with Crippen LogP contribution in [0.2, 0.25) is 0 Å². The molecule has 3 aromatic heterocycles. The highest BCUT2D eigenvalue weighted by atomic mass is 79.9. The number of hydrogen-bond donors (Lipinski definition) is 2. The van der Waals surface area contributed by atoms with E-state index in [1.807, 2.05) is 0 Å². The maximum atomic E-state index is 12.9. The van der Waals surface area contributed by atoms with E-state index in [2.05, 4.69) is 41.2 Å². The molecule has 11 heteroatoms. The molecule has 10 nitrogen and oxygen atoms in total. The van der Waals surface area contributed by atoms with Crippen molar-refractivity contribution in [3.63, 3.8) is 0 Å². The summed E-state index contributed by atoms with van der Waals surface area (Å²) in [6.07, 6.45) is 4.39. The number of carbonyl (C=O) groups excluding carboxylic acids is 2. The zero-order valence-corrected chi connectivity index (χ0v) is 16.3. The molecule has 1 aliphatic rings. The molecule has 0 spiro atoms. The van der Waals surface area contributed by atoms with Gasteiger partial charge in [-0.05, 0) is 40.9 Å². The Bertz CT molecular complexity index is 1050. The number of pyridine rings is 1. The van der Waals surface area contributed by atoms with Crippen molar-refractivity contribution < 1.29 is 9.59 Å². The summed E-state index contributed by atoms with van der Waals surface area (Å²) < 4.78 is 2.23. The van der Waals surface area contributed by atoms with Crippen LogP contribution >= 0.6 is 15.9 Å². The third-order valence-electron chi connectivity index (χ3n) is 4.52. The number of imidazole rings is 1. The molecule has 0 unspecified atom stereocenters. The first-order valence-electron chi connectivity index (χ1n) is 8.67. The predicted octanol–water partition coefficient (Wildman–Crippen LogP) is 1.20. The first kappa shape index (κ1) is 18.3. The number of anilines is 2. The minimum absolute atomic E-state index is 0.0197. The topological polar surface area (TPSA) is 132 Å². The summed E-state index contributed by atoms with van der Waals surface area (Å²) >= 11 is 3.27. The molecular weight excluding hydrogens is 428 g/mol. The number of likely N-dealkylation sites (tertiary alicyclic amines) is 1. The van der Waals surface area contributed by atoms with Gasteiger partial charge in [0.15, 0.2) is 5.65 Å². The highest BCUT2D eigenvalue weighted by Crippen LogP contribution is 2.21. The van der Waals surface area contributed by atoms with E-state index < -0.39 is 6.04 Å². The van der Waals surface area contributed by atoms with Crippen LogP contribution in [-0.4, -0.2) is 53.8 Å². The predicted molar refractivity (Wildman–Crippen MR) is 105 cm³/mol. The van der Waals surface area contributed by atoms with E-state index in [-0.39, 0.29) is 24.3 Å². The van der Waals surface area contributed by atoms with Crippen LogP contribution in [0.1, 0.15) is 12.8 Å². The second-order valence-corrected chi connectivity index (χ2v) is 7.20. The molecule has 3 aromatic rings. The van der Waals surface area contributed by atoms with E-state index in [1.165, 1.54) is 12.5 Å². The van der Waals surface area contributed by atoms with Gasteiger partial charge in [0.1, 0.15) is 28.5 Å². The van der Waals surface area contributed by atoms with E-state index in [9.17, 15) is 9.59 Å². The van der Waals surface area contributed by atoms with Crippen LogP contribution in [0.4, 0.5) is 11.8 Å². The summed E-state index contributed by atoms with van der Waals surface area (Å²) in [7, 11) is 0. The summed E-state index contributed by atoms with van der Waals surface area (Å²) in [5.74, 6) is 0.114. The third-order valence-corrected chi connectivity index (χ3v) is 4.97. The Hall–Kier alpha value is -3.08. The lowest BCUT2D eigenvalue weighted by Gasteiger charge is -2.24. The molecular formula is C17H17BrN8O2. The maximum Gasteiger partial charge on any atom is 0.248 e. The Kier molecular flexibility index (Phi) is 4.90. The minimum Gasteiger partial charge on any atom is -0.368 e. The number of nitrogen functional groups attached to an aromatic ring is 1. The van der Waals surface area contributed by atoms with E-state index in [0.29, 0.717) is 34.6 Å². The number of aromatic nitrogens is 5. The van der Waals surface area contributed by atoms with Gasteiger partial charge in [0, 0.05) is 6.54 Å². The molecule has 0 radical (unpaired) electrons. The maximum absolute atomic E-state index is 12.9. The van der Waals surface area contributed by atoms with Gasteiger partial charge in [-0.25, -0.2) is 15.0 Å². The fraction of sp³-hybridized carbons (Fsp3) is 0.294. The lowest BCUT2D eigenvalue weighted by Crippen LogP contribution is -2.44. The van der Waals surface area contributed by atoms with Gasteiger partial charge in [0.2, 0.25) is 17.8 Å². The molecule has 1 atom stereocenters. The van der Waals surface area contributed by atoms with Gasteiger partial charge in [-0.2, -0.15) is 4.98 Å². The van der Waals surface area contributed by atoms with Crippen molar-refractivity contribution in [2.45, 2.75) is 25.4 Å². The average molecular weight is 445 g/mol. The standard InChI is InChI=1S/C17H17BrN8O2/c18-12-4-1-5-13(22-12)23-16(28)11-3-2-6-26(11)14(27)8-25-9-21-10-7-20-17(19)24-15(10)25/h1,4-5,7,9,11H,2-3,6,8H2,(H2,19,20,24)(H,22,23,28)/t11-/m0/s1. The Morgan fingerprint density at radius 2 is 2.14 bits per heavy atom. The molecule has 0 aliphatic carbocycles. The molecule has 4 heterocycles. The first-order valence-corrected chi connectivity index (χ1v) is 9.47. The fourth-order valence-electron chi connectivity index (χ4n) is 3.25. The zero-order valence-electron chi connectivity index (χ0n) is 14.7. The summed E-state index contributed by atoms with van der Waals surface area (Å²) in [6, 6.07) is 4.71. The first-order chi connectivity index (χ1) is 13.5. The summed E-state index contributed by atoms with van der Waals surface area (Å²) in [5.41, 5.74) is 6.67. The van der Waals surface area contributed by atoms with Crippen LogP contribution in [0.5, 0.6) is 0 Å². The van der Waals surface area contributed by atoms with E-state index >= 15 is 0 Å². The third kappa shape index (κ3) is 3.65. The number of nitrogens with zero attached hydrogens (tertiary/aromatic N) is 6. The van der Waals surface area contributed by atoms with Gasteiger partial charge in [-0.15, -0.1) is 0 Å². The van der Waals surface area contributed by atoms with Crippen molar-refractivity contribution >= 4 is 50.7 Å². The highest BCUT2D eigenvalue weighted by Gasteiger charge is 2.34. The van der Waals surface area contributed by atoms with E-state index in [4.69, 9.17) is 5.73 Å². The van der Waals surface area contributed by atoms with Gasteiger partial charge in [0.05, 0.1) is 12.5 Å². The number of nitrogens with two attached hydrogens (primary N) is 1. The van der Waals surface area contributed by atoms with Crippen LogP contribution in [-0.2, 0) is 16.1 Å². The average Bonchev–Trinajstić information content (AvgIpc) is 3.29. The van der Waals surface area contributed by atoms with Gasteiger partial charge in [-0.1, -0.05) is 6.07 Å². The Morgan fingerprint density at radius 1 is 1.29 bits per heavy atom. The lowest BCUT2D eigenvalue weighted by atomic mass is 10.2.